The molecule has 0 bridgehead atoms. The van der Waals surface area contributed by atoms with Crippen LogP contribution < -0.4 is 10.6 Å². The summed E-state index contributed by atoms with van der Waals surface area (Å²) >= 11 is 0. The number of nitrogens with one attached hydrogen (secondary N) is 2. The second-order valence-corrected chi connectivity index (χ2v) is 6.66. The molecule has 1 aromatic rings. The summed E-state index contributed by atoms with van der Waals surface area (Å²) in [4.78, 5) is 7.22. The van der Waals surface area contributed by atoms with E-state index in [1.807, 2.05) is 0 Å². The van der Waals surface area contributed by atoms with Crippen LogP contribution in [0.4, 0.5) is 0 Å². The van der Waals surface area contributed by atoms with E-state index < -0.39 is 0 Å². The number of benzene rings is 1. The van der Waals surface area contributed by atoms with Gasteiger partial charge in [-0.3, -0.25) is 9.89 Å². The summed E-state index contributed by atoms with van der Waals surface area (Å²) in [6.07, 6.45) is 2.69. The largest absolute Gasteiger partial charge is 0.357 e. The Bertz CT molecular complexity index is 487. The number of likely N-dealkylation sites (N-methyl/N-ethyl adjacent to an activating group) is 1. The van der Waals surface area contributed by atoms with Crippen LogP contribution in [0.5, 0.6) is 0 Å². The van der Waals surface area contributed by atoms with Gasteiger partial charge in [-0.05, 0) is 45.2 Å². The number of hydrogen-bond donors (Lipinski definition) is 2. The highest BCUT2D eigenvalue weighted by Gasteiger charge is 2.28. The minimum absolute atomic E-state index is 0. The van der Waals surface area contributed by atoms with E-state index in [1.54, 1.807) is 0 Å². The molecule has 2 N–H and O–H groups in total. The lowest BCUT2D eigenvalue weighted by Crippen LogP contribution is -2.40. The Morgan fingerprint density at radius 1 is 1.21 bits per heavy atom. The summed E-state index contributed by atoms with van der Waals surface area (Å²) < 4.78 is 0. The Kier molecular flexibility index (Phi) is 9.66. The van der Waals surface area contributed by atoms with Gasteiger partial charge in [0.05, 0.1) is 6.54 Å². The molecule has 2 unspecified atom stereocenters. The number of halogens is 1. The maximum atomic E-state index is 4.76. The van der Waals surface area contributed by atoms with Crippen molar-refractivity contribution in [1.29, 1.82) is 0 Å². The van der Waals surface area contributed by atoms with Crippen molar-refractivity contribution in [2.45, 2.75) is 51.6 Å². The van der Waals surface area contributed by atoms with Crippen LogP contribution in [-0.4, -0.2) is 49.6 Å². The van der Waals surface area contributed by atoms with Crippen LogP contribution in [0.15, 0.2) is 35.3 Å². The molecule has 2 rings (SSSR count). The molecule has 4 nitrogen and oxygen atoms in total. The lowest BCUT2D eigenvalue weighted by Gasteiger charge is -2.23. The van der Waals surface area contributed by atoms with Gasteiger partial charge >= 0.3 is 0 Å². The fraction of sp³-hybridized carbons (Fsp3) is 0.632. The molecule has 0 aliphatic heterocycles. The SMILES string of the molecule is CCNC(=NCC(C)N(C)C1CC1)NCC(C)c1ccccc1.I. The van der Waals surface area contributed by atoms with Crippen molar-refractivity contribution in [1.82, 2.24) is 15.5 Å². The van der Waals surface area contributed by atoms with E-state index in [0.29, 0.717) is 12.0 Å². The van der Waals surface area contributed by atoms with E-state index in [4.69, 9.17) is 4.99 Å². The van der Waals surface area contributed by atoms with E-state index in [9.17, 15) is 0 Å². The monoisotopic (exact) mass is 444 g/mol. The molecule has 0 aromatic heterocycles. The van der Waals surface area contributed by atoms with Crippen molar-refractivity contribution in [3.63, 3.8) is 0 Å². The molecule has 0 spiro atoms. The molecule has 0 saturated heterocycles. The minimum atomic E-state index is 0. The molecule has 1 aliphatic carbocycles. The molecule has 5 heteroatoms. The van der Waals surface area contributed by atoms with Gasteiger partial charge in [-0.15, -0.1) is 24.0 Å². The molecule has 0 radical (unpaired) electrons. The maximum absolute atomic E-state index is 4.76. The zero-order valence-electron chi connectivity index (χ0n) is 15.5. The average Bonchev–Trinajstić information content (AvgIpc) is 3.41. The fourth-order valence-electron chi connectivity index (χ4n) is 2.68. The van der Waals surface area contributed by atoms with Crippen LogP contribution in [0.1, 0.15) is 45.1 Å². The van der Waals surface area contributed by atoms with Gasteiger partial charge in [-0.1, -0.05) is 37.3 Å². The molecule has 2 atom stereocenters. The first-order valence-corrected chi connectivity index (χ1v) is 8.90. The van der Waals surface area contributed by atoms with Crippen LogP contribution >= 0.6 is 24.0 Å². The summed E-state index contributed by atoms with van der Waals surface area (Å²) in [7, 11) is 2.22. The highest BCUT2D eigenvalue weighted by atomic mass is 127. The lowest BCUT2D eigenvalue weighted by atomic mass is 10.0. The number of hydrogen-bond acceptors (Lipinski definition) is 2. The van der Waals surface area contributed by atoms with Crippen molar-refractivity contribution in [3.05, 3.63) is 35.9 Å². The highest BCUT2D eigenvalue weighted by molar-refractivity contribution is 14.0. The average molecular weight is 444 g/mol. The van der Waals surface area contributed by atoms with Gasteiger partial charge in [0.25, 0.3) is 0 Å². The highest BCUT2D eigenvalue weighted by Crippen LogP contribution is 2.26. The fourth-order valence-corrected chi connectivity index (χ4v) is 2.68. The first kappa shape index (κ1) is 21.2. The summed E-state index contributed by atoms with van der Waals surface area (Å²) in [6, 6.07) is 11.9. The molecular weight excluding hydrogens is 411 g/mol. The lowest BCUT2D eigenvalue weighted by molar-refractivity contribution is 0.253. The molecule has 1 saturated carbocycles. The summed E-state index contributed by atoms with van der Waals surface area (Å²) in [5.41, 5.74) is 1.36. The van der Waals surface area contributed by atoms with Gasteiger partial charge in [-0.2, -0.15) is 0 Å². The van der Waals surface area contributed by atoms with E-state index in [1.165, 1.54) is 18.4 Å². The van der Waals surface area contributed by atoms with Gasteiger partial charge in [-0.25, -0.2) is 0 Å². The Labute approximate surface area is 164 Å². The van der Waals surface area contributed by atoms with E-state index in [2.05, 4.69) is 73.7 Å². The quantitative estimate of drug-likeness (QED) is 0.367. The summed E-state index contributed by atoms with van der Waals surface area (Å²) in [6.45, 7) is 9.23. The van der Waals surface area contributed by atoms with Crippen LogP contribution in [-0.2, 0) is 0 Å². The van der Waals surface area contributed by atoms with Gasteiger partial charge in [0.15, 0.2) is 5.96 Å². The topological polar surface area (TPSA) is 39.7 Å². The molecule has 136 valence electrons. The molecule has 0 heterocycles. The normalized spacial score (nSPS) is 17.1. The third-order valence-corrected chi connectivity index (χ3v) is 4.62. The standard InChI is InChI=1S/C19H32N4.HI/c1-5-20-19(22-14-16(3)23(4)18-11-12-18)21-13-15(2)17-9-7-6-8-10-17;/h6-10,15-16,18H,5,11-14H2,1-4H3,(H2,20,21,22);1H. The number of nitrogens with zero attached hydrogens (tertiary/aromatic N) is 2. The van der Waals surface area contributed by atoms with Crippen molar-refractivity contribution in [2.75, 3.05) is 26.7 Å². The predicted octanol–water partition coefficient (Wildman–Crippen LogP) is 3.45. The van der Waals surface area contributed by atoms with Crippen molar-refractivity contribution in [2.24, 2.45) is 4.99 Å². The van der Waals surface area contributed by atoms with E-state index in [-0.39, 0.29) is 24.0 Å². The van der Waals surface area contributed by atoms with Crippen LogP contribution in [0.25, 0.3) is 0 Å². The molecule has 0 amide bonds. The first-order valence-electron chi connectivity index (χ1n) is 8.90. The Hall–Kier alpha value is -0.820. The summed E-state index contributed by atoms with van der Waals surface area (Å²) in [5, 5.41) is 6.83. The van der Waals surface area contributed by atoms with Gasteiger partial charge in [0.2, 0.25) is 0 Å². The Balaban J connectivity index is 0.00000288. The second kappa shape index (κ2) is 10.9. The second-order valence-electron chi connectivity index (χ2n) is 6.66. The molecular formula is C19H33IN4. The number of aliphatic imine (C=N–C) groups is 1. The minimum Gasteiger partial charge on any atom is -0.357 e. The van der Waals surface area contributed by atoms with Crippen molar-refractivity contribution >= 4 is 29.9 Å². The van der Waals surface area contributed by atoms with Crippen LogP contribution in [0.3, 0.4) is 0 Å². The molecule has 1 aromatic carbocycles. The molecule has 1 aliphatic rings. The van der Waals surface area contributed by atoms with Crippen molar-refractivity contribution in [3.8, 4) is 0 Å². The predicted molar refractivity (Wildman–Crippen MR) is 115 cm³/mol. The number of guanidine groups is 1. The third kappa shape index (κ3) is 6.97. The zero-order chi connectivity index (χ0) is 16.7. The third-order valence-electron chi connectivity index (χ3n) is 4.62. The van der Waals surface area contributed by atoms with E-state index in [0.717, 1.165) is 31.6 Å². The van der Waals surface area contributed by atoms with E-state index >= 15 is 0 Å². The van der Waals surface area contributed by atoms with Gasteiger partial charge < -0.3 is 10.6 Å². The number of rotatable bonds is 8. The molecule has 1 fully saturated rings. The van der Waals surface area contributed by atoms with Crippen molar-refractivity contribution < 1.29 is 0 Å². The van der Waals surface area contributed by atoms with Crippen LogP contribution in [0, 0.1) is 0 Å². The maximum Gasteiger partial charge on any atom is 0.191 e. The van der Waals surface area contributed by atoms with Gasteiger partial charge in [0.1, 0.15) is 0 Å². The zero-order valence-corrected chi connectivity index (χ0v) is 17.8. The van der Waals surface area contributed by atoms with Gasteiger partial charge in [0, 0.05) is 25.2 Å². The summed E-state index contributed by atoms with van der Waals surface area (Å²) in [5.74, 6) is 1.39. The smallest absolute Gasteiger partial charge is 0.191 e. The molecule has 24 heavy (non-hydrogen) atoms. The van der Waals surface area contributed by atoms with Crippen LogP contribution in [0.2, 0.25) is 0 Å². The first-order chi connectivity index (χ1) is 11.1. The Morgan fingerprint density at radius 3 is 2.46 bits per heavy atom. The Morgan fingerprint density at radius 2 is 1.88 bits per heavy atom.